The van der Waals surface area contributed by atoms with Crippen molar-refractivity contribution >= 4 is 11.7 Å². The Labute approximate surface area is 191 Å². The molecule has 0 spiro atoms. The van der Waals surface area contributed by atoms with Crippen molar-refractivity contribution in [2.24, 2.45) is 29.1 Å². The van der Waals surface area contributed by atoms with Crippen LogP contribution in [0.2, 0.25) is 0 Å². The number of carbonyl (C=O) groups excluding carboxylic acids is 2. The van der Waals surface area contributed by atoms with Crippen LogP contribution in [0.5, 0.6) is 0 Å². The van der Waals surface area contributed by atoms with Crippen LogP contribution in [-0.2, 0) is 22.7 Å². The number of hydrogen-bond donors (Lipinski definition) is 0. The van der Waals surface area contributed by atoms with Gasteiger partial charge in [-0.05, 0) is 85.8 Å². The minimum absolute atomic E-state index is 0.253. The Hall–Kier alpha value is -2.16. The maximum Gasteiger partial charge on any atom is 0.223 e. The van der Waals surface area contributed by atoms with E-state index in [1.165, 1.54) is 49.7 Å². The first-order chi connectivity index (χ1) is 15.5. The van der Waals surface area contributed by atoms with Gasteiger partial charge in [0.1, 0.15) is 5.78 Å². The summed E-state index contributed by atoms with van der Waals surface area (Å²) in [4.78, 5) is 28.3. The molecule has 1 aromatic rings. The second-order valence-corrected chi connectivity index (χ2v) is 11.2. The lowest BCUT2D eigenvalue weighted by Crippen LogP contribution is -2.40. The molecule has 6 rings (SSSR count). The van der Waals surface area contributed by atoms with Crippen LogP contribution in [-0.4, -0.2) is 16.6 Å². The van der Waals surface area contributed by atoms with Crippen molar-refractivity contribution < 1.29 is 9.59 Å². The van der Waals surface area contributed by atoms with Crippen LogP contribution in [0.3, 0.4) is 0 Å². The largest absolute Gasteiger partial charge is 0.334 e. The van der Waals surface area contributed by atoms with E-state index in [-0.39, 0.29) is 11.3 Å². The zero-order valence-electron chi connectivity index (χ0n) is 19.3. The van der Waals surface area contributed by atoms with Gasteiger partial charge in [0.15, 0.2) is 0 Å². The molecule has 1 amide bonds. The van der Waals surface area contributed by atoms with Crippen LogP contribution in [0.1, 0.15) is 75.8 Å². The summed E-state index contributed by atoms with van der Waals surface area (Å²) in [6.45, 7) is 3.66. The average Bonchev–Trinajstić information content (AvgIpc) is 3.36. The topological polar surface area (TPSA) is 37.4 Å². The molecule has 1 aromatic carbocycles. The first kappa shape index (κ1) is 20.4. The number of amides is 1. The van der Waals surface area contributed by atoms with Gasteiger partial charge in [-0.25, -0.2) is 0 Å². The molecule has 0 saturated heterocycles. The van der Waals surface area contributed by atoms with Crippen LogP contribution in [0.25, 0.3) is 0 Å². The number of rotatable bonds is 3. The van der Waals surface area contributed by atoms with E-state index in [4.69, 9.17) is 0 Å². The number of benzene rings is 1. The van der Waals surface area contributed by atoms with Crippen molar-refractivity contribution in [2.45, 2.75) is 77.8 Å². The van der Waals surface area contributed by atoms with Crippen LogP contribution < -0.4 is 0 Å². The van der Waals surface area contributed by atoms with Gasteiger partial charge in [0.05, 0.1) is 0 Å². The zero-order valence-corrected chi connectivity index (χ0v) is 19.3. The van der Waals surface area contributed by atoms with E-state index in [0.29, 0.717) is 36.4 Å². The minimum Gasteiger partial charge on any atom is -0.334 e. The van der Waals surface area contributed by atoms with Gasteiger partial charge in [0.25, 0.3) is 0 Å². The van der Waals surface area contributed by atoms with Gasteiger partial charge >= 0.3 is 0 Å². The summed E-state index contributed by atoms with van der Waals surface area (Å²) in [7, 11) is 0. The number of allylic oxidation sites excluding steroid dienone is 4. The molecule has 3 unspecified atom stereocenters. The lowest BCUT2D eigenvalue weighted by atomic mass is 9.57. The van der Waals surface area contributed by atoms with Gasteiger partial charge in [-0.15, -0.1) is 0 Å². The fourth-order valence-electron chi connectivity index (χ4n) is 7.89. The maximum atomic E-state index is 13.2. The van der Waals surface area contributed by atoms with E-state index < -0.39 is 0 Å². The molecule has 1 aliphatic heterocycles. The SMILES string of the molecule is C[C@]12C=CC3=C4CCCCC4CCC3C1[C@H](CCC(=O)N1Cc3ccccc3C1)CC2=O. The zero-order chi connectivity index (χ0) is 21.9. The molecule has 3 nitrogen and oxygen atoms in total. The molecule has 168 valence electrons. The highest BCUT2D eigenvalue weighted by molar-refractivity contribution is 5.90. The first-order valence-electron chi connectivity index (χ1n) is 12.8. The second-order valence-electron chi connectivity index (χ2n) is 11.2. The molecule has 0 bridgehead atoms. The standard InChI is InChI=1S/C29H35NO2/c1-29-15-14-24-23-9-5-4-6-19(23)10-12-25(24)28(29)20(16-26(29)31)11-13-27(32)30-17-21-7-2-3-8-22(21)18-30/h2-3,7-8,14-15,19-20,25,28H,4-6,9-13,16-18H2,1H3/t19?,20-,25?,28?,29-/m1/s1. The number of carbonyl (C=O) groups is 2. The number of hydrogen-bond acceptors (Lipinski definition) is 2. The van der Waals surface area contributed by atoms with E-state index in [0.717, 1.165) is 25.4 Å². The molecule has 2 saturated carbocycles. The van der Waals surface area contributed by atoms with Gasteiger partial charge in [-0.1, -0.05) is 48.4 Å². The smallest absolute Gasteiger partial charge is 0.223 e. The third-order valence-electron chi connectivity index (χ3n) is 9.55. The first-order valence-corrected chi connectivity index (χ1v) is 12.8. The molecule has 5 aliphatic rings. The molecular formula is C29H35NO2. The molecule has 3 heteroatoms. The third kappa shape index (κ3) is 3.15. The summed E-state index contributed by atoms with van der Waals surface area (Å²) in [5.74, 6) is 2.69. The van der Waals surface area contributed by atoms with Crippen molar-refractivity contribution in [3.63, 3.8) is 0 Å². The number of fused-ring (bicyclic) bond motifs is 5. The van der Waals surface area contributed by atoms with Gasteiger partial charge in [0.2, 0.25) is 5.91 Å². The summed E-state index contributed by atoms with van der Waals surface area (Å²) in [5.41, 5.74) is 5.54. The third-order valence-corrected chi connectivity index (χ3v) is 9.55. The van der Waals surface area contributed by atoms with Crippen LogP contribution >= 0.6 is 0 Å². The van der Waals surface area contributed by atoms with Crippen molar-refractivity contribution in [1.29, 1.82) is 0 Å². The second kappa shape index (κ2) is 7.71. The van der Waals surface area contributed by atoms with Gasteiger partial charge < -0.3 is 4.90 Å². The molecule has 32 heavy (non-hydrogen) atoms. The highest BCUT2D eigenvalue weighted by Crippen LogP contribution is 2.59. The molecule has 1 heterocycles. The van der Waals surface area contributed by atoms with E-state index in [9.17, 15) is 9.59 Å². The van der Waals surface area contributed by atoms with E-state index in [1.54, 1.807) is 11.1 Å². The quantitative estimate of drug-likeness (QED) is 0.592. The van der Waals surface area contributed by atoms with E-state index in [2.05, 4.69) is 43.3 Å². The molecule has 4 aliphatic carbocycles. The normalized spacial score (nSPS) is 35.4. The minimum atomic E-state index is -0.326. The summed E-state index contributed by atoms with van der Waals surface area (Å²) in [6.07, 6.45) is 14.5. The Kier molecular flexibility index (Phi) is 4.93. The van der Waals surface area contributed by atoms with Crippen LogP contribution in [0.4, 0.5) is 0 Å². The molecule has 2 fully saturated rings. The highest BCUT2D eigenvalue weighted by atomic mass is 16.2. The van der Waals surface area contributed by atoms with Gasteiger partial charge in [0, 0.05) is 31.3 Å². The Morgan fingerprint density at radius 1 is 1.09 bits per heavy atom. The van der Waals surface area contributed by atoms with Gasteiger partial charge in [-0.3, -0.25) is 9.59 Å². The van der Waals surface area contributed by atoms with Crippen molar-refractivity contribution in [3.8, 4) is 0 Å². The molecule has 0 radical (unpaired) electrons. The lowest BCUT2D eigenvalue weighted by molar-refractivity contribution is -0.132. The van der Waals surface area contributed by atoms with Crippen molar-refractivity contribution in [1.82, 2.24) is 4.90 Å². The average molecular weight is 430 g/mol. The summed E-state index contributed by atoms with van der Waals surface area (Å²) < 4.78 is 0. The highest BCUT2D eigenvalue weighted by Gasteiger charge is 2.55. The Bertz CT molecular complexity index is 995. The number of Topliss-reactive ketones (excluding diaryl/α,β-unsaturated/α-hetero) is 1. The molecular weight excluding hydrogens is 394 g/mol. The lowest BCUT2D eigenvalue weighted by Gasteiger charge is -2.46. The Morgan fingerprint density at radius 3 is 2.66 bits per heavy atom. The van der Waals surface area contributed by atoms with Crippen LogP contribution in [0.15, 0.2) is 47.6 Å². The van der Waals surface area contributed by atoms with E-state index >= 15 is 0 Å². The van der Waals surface area contributed by atoms with Crippen LogP contribution in [0, 0.1) is 29.1 Å². The monoisotopic (exact) mass is 429 g/mol. The fraction of sp³-hybridized carbons (Fsp3) is 0.586. The molecule has 5 atom stereocenters. The predicted molar refractivity (Wildman–Crippen MR) is 125 cm³/mol. The summed E-state index contributed by atoms with van der Waals surface area (Å²) >= 11 is 0. The Morgan fingerprint density at radius 2 is 1.88 bits per heavy atom. The van der Waals surface area contributed by atoms with Crippen molar-refractivity contribution in [2.75, 3.05) is 0 Å². The molecule has 0 aromatic heterocycles. The predicted octanol–water partition coefficient (Wildman–Crippen LogP) is 5.99. The number of nitrogens with zero attached hydrogens (tertiary/aromatic N) is 1. The maximum absolute atomic E-state index is 13.2. The van der Waals surface area contributed by atoms with Crippen molar-refractivity contribution in [3.05, 3.63) is 58.7 Å². The van der Waals surface area contributed by atoms with Gasteiger partial charge in [-0.2, -0.15) is 0 Å². The molecule has 0 N–H and O–H groups in total. The summed E-state index contributed by atoms with van der Waals surface area (Å²) in [5, 5.41) is 0. The fourth-order valence-corrected chi connectivity index (χ4v) is 7.89. The summed E-state index contributed by atoms with van der Waals surface area (Å²) in [6, 6.07) is 8.38. The number of ketones is 1. The Balaban J connectivity index is 1.20. The van der Waals surface area contributed by atoms with E-state index in [1.807, 2.05) is 4.90 Å².